The molecule has 1 aromatic rings. The van der Waals surface area contributed by atoms with E-state index in [1.165, 1.54) is 6.07 Å². The molecular formula is C11H13NO3. The first-order chi connectivity index (χ1) is 7.16. The van der Waals surface area contributed by atoms with Gasteiger partial charge in [-0.25, -0.2) is 0 Å². The van der Waals surface area contributed by atoms with Crippen molar-refractivity contribution in [1.29, 1.82) is 0 Å². The lowest BCUT2D eigenvalue weighted by Gasteiger charge is -2.12. The lowest BCUT2D eigenvalue weighted by molar-refractivity contribution is -0.132. The molecular weight excluding hydrogens is 194 g/mol. The predicted molar refractivity (Wildman–Crippen MR) is 54.8 cm³/mol. The van der Waals surface area contributed by atoms with Crippen LogP contribution >= 0.6 is 0 Å². The zero-order valence-electron chi connectivity index (χ0n) is 8.51. The molecule has 0 radical (unpaired) electrons. The first kappa shape index (κ1) is 9.83. The summed E-state index contributed by atoms with van der Waals surface area (Å²) in [6.45, 7) is 0.725. The average molecular weight is 207 g/mol. The number of nitrogens with zero attached hydrogens (tertiary/aromatic N) is 1. The molecule has 80 valence electrons. The molecule has 1 unspecified atom stereocenters. The van der Waals surface area contributed by atoms with E-state index in [9.17, 15) is 9.90 Å². The fraction of sp³-hybridized carbons (Fsp3) is 0.364. The van der Waals surface area contributed by atoms with Crippen molar-refractivity contribution in [2.75, 3.05) is 13.6 Å². The fourth-order valence-corrected chi connectivity index (χ4v) is 1.62. The van der Waals surface area contributed by atoms with Gasteiger partial charge in [-0.1, -0.05) is 6.07 Å². The summed E-state index contributed by atoms with van der Waals surface area (Å²) in [5.41, 5.74) is 0. The number of likely N-dealkylation sites (tertiary alicyclic amines) is 1. The highest BCUT2D eigenvalue weighted by atomic mass is 16.5. The third-order valence-electron chi connectivity index (χ3n) is 2.47. The molecule has 0 aliphatic carbocycles. The summed E-state index contributed by atoms with van der Waals surface area (Å²) < 4.78 is 5.49. The monoisotopic (exact) mass is 207 g/mol. The van der Waals surface area contributed by atoms with E-state index in [1.807, 2.05) is 0 Å². The lowest BCUT2D eigenvalue weighted by atomic mass is 10.3. The van der Waals surface area contributed by atoms with Crippen molar-refractivity contribution in [1.82, 2.24) is 4.90 Å². The quantitative estimate of drug-likeness (QED) is 0.787. The number of phenolic OH excluding ortho intramolecular Hbond substituents is 1. The molecule has 4 nitrogen and oxygen atoms in total. The maximum Gasteiger partial charge on any atom is 0.263 e. The normalized spacial score (nSPS) is 20.7. The van der Waals surface area contributed by atoms with Crippen molar-refractivity contribution >= 4 is 5.91 Å². The molecule has 2 rings (SSSR count). The first-order valence-electron chi connectivity index (χ1n) is 4.87. The molecule has 0 bridgehead atoms. The number of carbonyl (C=O) groups is 1. The predicted octanol–water partition coefficient (Wildman–Crippen LogP) is 1.00. The number of likely N-dealkylation sites (N-methyl/N-ethyl adjacent to an activating group) is 1. The van der Waals surface area contributed by atoms with Crippen molar-refractivity contribution in [2.45, 2.75) is 12.5 Å². The molecule has 1 amide bonds. The van der Waals surface area contributed by atoms with Gasteiger partial charge in [-0.3, -0.25) is 4.79 Å². The van der Waals surface area contributed by atoms with Crippen LogP contribution in [-0.2, 0) is 4.79 Å². The summed E-state index contributed by atoms with van der Waals surface area (Å²) >= 11 is 0. The van der Waals surface area contributed by atoms with E-state index in [1.54, 1.807) is 30.1 Å². The van der Waals surface area contributed by atoms with Crippen molar-refractivity contribution in [2.24, 2.45) is 0 Å². The second kappa shape index (κ2) is 3.81. The maximum atomic E-state index is 11.5. The highest BCUT2D eigenvalue weighted by Gasteiger charge is 2.30. The molecule has 1 aromatic carbocycles. The molecule has 1 atom stereocenters. The van der Waals surface area contributed by atoms with Gasteiger partial charge in [-0.15, -0.1) is 0 Å². The van der Waals surface area contributed by atoms with Gasteiger partial charge in [0.05, 0.1) is 0 Å². The van der Waals surface area contributed by atoms with Gasteiger partial charge in [0, 0.05) is 26.1 Å². The third kappa shape index (κ3) is 2.03. The number of carbonyl (C=O) groups excluding carboxylic acids is 1. The van der Waals surface area contributed by atoms with E-state index in [0.29, 0.717) is 12.2 Å². The van der Waals surface area contributed by atoms with E-state index in [4.69, 9.17) is 4.74 Å². The summed E-state index contributed by atoms with van der Waals surface area (Å²) in [5, 5.41) is 9.23. The largest absolute Gasteiger partial charge is 0.508 e. The molecule has 1 fully saturated rings. The molecule has 0 spiro atoms. The topological polar surface area (TPSA) is 49.8 Å². The van der Waals surface area contributed by atoms with Crippen LogP contribution in [-0.4, -0.2) is 35.6 Å². The molecule has 4 heteroatoms. The van der Waals surface area contributed by atoms with Crippen LogP contribution in [0.2, 0.25) is 0 Å². The average Bonchev–Trinajstić information content (AvgIpc) is 2.50. The minimum Gasteiger partial charge on any atom is -0.508 e. The molecule has 15 heavy (non-hydrogen) atoms. The van der Waals surface area contributed by atoms with Gasteiger partial charge in [0.2, 0.25) is 0 Å². The van der Waals surface area contributed by atoms with Crippen LogP contribution < -0.4 is 4.74 Å². The summed E-state index contributed by atoms with van der Waals surface area (Å²) in [4.78, 5) is 13.2. The number of phenols is 1. The third-order valence-corrected chi connectivity index (χ3v) is 2.47. The van der Waals surface area contributed by atoms with Crippen LogP contribution in [0.3, 0.4) is 0 Å². The summed E-state index contributed by atoms with van der Waals surface area (Å²) in [7, 11) is 1.76. The van der Waals surface area contributed by atoms with Crippen LogP contribution in [0, 0.1) is 0 Å². The Morgan fingerprint density at radius 3 is 2.93 bits per heavy atom. The Morgan fingerprint density at radius 1 is 1.53 bits per heavy atom. The van der Waals surface area contributed by atoms with Crippen molar-refractivity contribution in [3.8, 4) is 11.5 Å². The number of rotatable bonds is 2. The number of ether oxygens (including phenoxy) is 1. The molecule has 1 N–H and O–H groups in total. The second-order valence-electron chi connectivity index (χ2n) is 3.65. The SMILES string of the molecule is CN1CCC(Oc2cccc(O)c2)C1=O. The molecule has 1 aliphatic heterocycles. The molecule has 1 heterocycles. The van der Waals surface area contributed by atoms with Crippen LogP contribution in [0.4, 0.5) is 0 Å². The second-order valence-corrected chi connectivity index (χ2v) is 3.65. The summed E-state index contributed by atoms with van der Waals surface area (Å²) in [6, 6.07) is 6.49. The minimum absolute atomic E-state index is 0.00153. The Balaban J connectivity index is 2.06. The summed E-state index contributed by atoms with van der Waals surface area (Å²) in [6.07, 6.45) is 0.294. The van der Waals surface area contributed by atoms with Crippen LogP contribution in [0.5, 0.6) is 11.5 Å². The van der Waals surface area contributed by atoms with Gasteiger partial charge in [0.1, 0.15) is 11.5 Å². The van der Waals surface area contributed by atoms with Gasteiger partial charge < -0.3 is 14.7 Å². The van der Waals surface area contributed by atoms with E-state index >= 15 is 0 Å². The van der Waals surface area contributed by atoms with Gasteiger partial charge in [-0.2, -0.15) is 0 Å². The van der Waals surface area contributed by atoms with Gasteiger partial charge >= 0.3 is 0 Å². The molecule has 1 aliphatic rings. The van der Waals surface area contributed by atoms with E-state index in [2.05, 4.69) is 0 Å². The molecule has 0 saturated carbocycles. The number of amides is 1. The number of aromatic hydroxyl groups is 1. The fourth-order valence-electron chi connectivity index (χ4n) is 1.62. The van der Waals surface area contributed by atoms with Crippen LogP contribution in [0.15, 0.2) is 24.3 Å². The Labute approximate surface area is 88.1 Å². The minimum atomic E-state index is -0.406. The standard InChI is InChI=1S/C11H13NO3/c1-12-6-5-10(11(12)14)15-9-4-2-3-8(13)7-9/h2-4,7,10,13H,5-6H2,1H3. The zero-order valence-corrected chi connectivity index (χ0v) is 8.51. The smallest absolute Gasteiger partial charge is 0.263 e. The maximum absolute atomic E-state index is 11.5. The Hall–Kier alpha value is -1.71. The van der Waals surface area contributed by atoms with Gasteiger partial charge in [0.15, 0.2) is 6.10 Å². The Morgan fingerprint density at radius 2 is 2.33 bits per heavy atom. The van der Waals surface area contributed by atoms with Crippen LogP contribution in [0.25, 0.3) is 0 Å². The van der Waals surface area contributed by atoms with Gasteiger partial charge in [0.25, 0.3) is 5.91 Å². The van der Waals surface area contributed by atoms with Gasteiger partial charge in [-0.05, 0) is 12.1 Å². The summed E-state index contributed by atoms with van der Waals surface area (Å²) in [5.74, 6) is 0.674. The molecule has 0 aromatic heterocycles. The van der Waals surface area contributed by atoms with E-state index in [-0.39, 0.29) is 11.7 Å². The lowest BCUT2D eigenvalue weighted by Crippen LogP contribution is -2.29. The highest BCUT2D eigenvalue weighted by Crippen LogP contribution is 2.22. The number of hydrogen-bond donors (Lipinski definition) is 1. The highest BCUT2D eigenvalue weighted by molar-refractivity contribution is 5.83. The molecule has 1 saturated heterocycles. The number of hydrogen-bond acceptors (Lipinski definition) is 3. The van der Waals surface area contributed by atoms with E-state index < -0.39 is 6.10 Å². The first-order valence-corrected chi connectivity index (χ1v) is 4.87. The zero-order chi connectivity index (χ0) is 10.8. The van der Waals surface area contributed by atoms with E-state index in [0.717, 1.165) is 6.54 Å². The van der Waals surface area contributed by atoms with Crippen molar-refractivity contribution in [3.63, 3.8) is 0 Å². The Kier molecular flexibility index (Phi) is 2.49. The van der Waals surface area contributed by atoms with Crippen molar-refractivity contribution < 1.29 is 14.6 Å². The van der Waals surface area contributed by atoms with Crippen LogP contribution in [0.1, 0.15) is 6.42 Å². The Bertz CT molecular complexity index is 378. The number of benzene rings is 1. The van der Waals surface area contributed by atoms with Crippen molar-refractivity contribution in [3.05, 3.63) is 24.3 Å².